The molecule has 0 amide bonds. The fourth-order valence-corrected chi connectivity index (χ4v) is 1.50. The molecule has 0 saturated heterocycles. The summed E-state index contributed by atoms with van der Waals surface area (Å²) in [5.74, 6) is 0.663. The van der Waals surface area contributed by atoms with Crippen LogP contribution in [0.5, 0.6) is 0 Å². The molecule has 0 aliphatic rings. The number of hydrogen-bond acceptors (Lipinski definition) is 3. The van der Waals surface area contributed by atoms with Crippen molar-refractivity contribution in [1.82, 2.24) is 5.43 Å². The molecule has 3 nitrogen and oxygen atoms in total. The number of thiocarbonyl (C=S) groups is 1. The number of hydrazone groups is 1. The van der Waals surface area contributed by atoms with E-state index in [1.807, 2.05) is 12.1 Å². The van der Waals surface area contributed by atoms with Gasteiger partial charge in [-0.25, -0.2) is 0 Å². The molecule has 0 bridgehead atoms. The summed E-state index contributed by atoms with van der Waals surface area (Å²) in [6, 6.07) is 10.8. The molecule has 1 aromatic carbocycles. The van der Waals surface area contributed by atoms with E-state index in [4.69, 9.17) is 28.2 Å². The van der Waals surface area contributed by atoms with Gasteiger partial charge in [0.1, 0.15) is 10.7 Å². The van der Waals surface area contributed by atoms with Gasteiger partial charge in [0.2, 0.25) is 0 Å². The molecule has 0 aliphatic heterocycles. The van der Waals surface area contributed by atoms with E-state index in [0.717, 1.165) is 5.56 Å². The fourth-order valence-electron chi connectivity index (χ4n) is 1.19. The molecule has 2 aromatic rings. The zero-order valence-corrected chi connectivity index (χ0v) is 10.3. The number of nitrogens with zero attached hydrogens (tertiary/aromatic N) is 1. The number of halogens is 1. The van der Waals surface area contributed by atoms with E-state index in [-0.39, 0.29) is 0 Å². The first-order chi connectivity index (χ1) is 8.25. The van der Waals surface area contributed by atoms with Gasteiger partial charge in [0.15, 0.2) is 0 Å². The van der Waals surface area contributed by atoms with Crippen molar-refractivity contribution in [1.29, 1.82) is 0 Å². The van der Waals surface area contributed by atoms with Gasteiger partial charge in [-0.1, -0.05) is 36.0 Å². The Labute approximate surface area is 109 Å². The molecule has 5 heteroatoms. The van der Waals surface area contributed by atoms with Gasteiger partial charge in [-0.3, -0.25) is 5.43 Å². The molecule has 86 valence electrons. The highest BCUT2D eigenvalue weighted by Crippen LogP contribution is 2.09. The Hall–Kier alpha value is -1.65. The quantitative estimate of drug-likeness (QED) is 0.525. The molecule has 0 fully saturated rings. The minimum atomic E-state index is 0.532. The molecule has 1 heterocycles. The second-order valence-electron chi connectivity index (χ2n) is 3.22. The largest absolute Gasteiger partial charge is 0.463 e. The average molecular weight is 265 g/mol. The van der Waals surface area contributed by atoms with Crippen molar-refractivity contribution in [3.63, 3.8) is 0 Å². The molecule has 0 unspecified atom stereocenters. The SMILES string of the molecule is S=C(N/N=C/c1ccco1)c1ccc(Cl)cc1. The van der Waals surface area contributed by atoms with Crippen molar-refractivity contribution in [2.24, 2.45) is 5.10 Å². The van der Waals surface area contributed by atoms with Crippen LogP contribution in [0.2, 0.25) is 5.02 Å². The molecule has 1 N–H and O–H groups in total. The van der Waals surface area contributed by atoms with Gasteiger partial charge in [0.05, 0.1) is 12.5 Å². The number of hydrogen-bond donors (Lipinski definition) is 1. The molecular weight excluding hydrogens is 256 g/mol. The van der Waals surface area contributed by atoms with E-state index >= 15 is 0 Å². The Morgan fingerprint density at radius 3 is 2.71 bits per heavy atom. The van der Waals surface area contributed by atoms with E-state index in [1.54, 1.807) is 36.7 Å². The lowest BCUT2D eigenvalue weighted by Crippen LogP contribution is -2.15. The maximum absolute atomic E-state index is 5.78. The summed E-state index contributed by atoms with van der Waals surface area (Å²) in [4.78, 5) is 0.532. The zero-order valence-electron chi connectivity index (χ0n) is 8.76. The van der Waals surface area contributed by atoms with E-state index in [2.05, 4.69) is 10.5 Å². The maximum Gasteiger partial charge on any atom is 0.146 e. The number of benzene rings is 1. The second kappa shape index (κ2) is 5.61. The molecule has 0 saturated carbocycles. The van der Waals surface area contributed by atoms with Crippen LogP contribution in [-0.4, -0.2) is 11.2 Å². The lowest BCUT2D eigenvalue weighted by molar-refractivity contribution is 0.560. The highest BCUT2D eigenvalue weighted by Gasteiger charge is 1.98. The molecule has 0 spiro atoms. The minimum Gasteiger partial charge on any atom is -0.463 e. The Morgan fingerprint density at radius 2 is 2.06 bits per heavy atom. The summed E-state index contributed by atoms with van der Waals surface area (Å²) in [5.41, 5.74) is 3.62. The van der Waals surface area contributed by atoms with Gasteiger partial charge in [0, 0.05) is 10.6 Å². The van der Waals surface area contributed by atoms with E-state index in [1.165, 1.54) is 0 Å². The summed E-state index contributed by atoms with van der Waals surface area (Å²) in [5, 5.41) is 4.65. The van der Waals surface area contributed by atoms with E-state index < -0.39 is 0 Å². The highest BCUT2D eigenvalue weighted by molar-refractivity contribution is 7.80. The summed E-state index contributed by atoms with van der Waals surface area (Å²) in [6.07, 6.45) is 3.14. The molecule has 0 atom stereocenters. The molecule has 2 rings (SSSR count). The van der Waals surface area contributed by atoms with Crippen molar-refractivity contribution >= 4 is 35.0 Å². The third-order valence-corrected chi connectivity index (χ3v) is 2.59. The average Bonchev–Trinajstić information content (AvgIpc) is 2.83. The lowest BCUT2D eigenvalue weighted by atomic mass is 10.2. The van der Waals surface area contributed by atoms with Crippen LogP contribution in [-0.2, 0) is 0 Å². The Bertz CT molecular complexity index is 520. The smallest absolute Gasteiger partial charge is 0.146 e. The zero-order chi connectivity index (χ0) is 12.1. The number of nitrogens with one attached hydrogen (secondary N) is 1. The topological polar surface area (TPSA) is 37.5 Å². The first-order valence-electron chi connectivity index (χ1n) is 4.88. The third kappa shape index (κ3) is 3.41. The van der Waals surface area contributed by atoms with Gasteiger partial charge >= 0.3 is 0 Å². The predicted molar refractivity (Wildman–Crippen MR) is 72.6 cm³/mol. The monoisotopic (exact) mass is 264 g/mol. The maximum atomic E-state index is 5.78. The van der Waals surface area contributed by atoms with Crippen LogP contribution in [0.1, 0.15) is 11.3 Å². The molecule has 17 heavy (non-hydrogen) atoms. The van der Waals surface area contributed by atoms with Crippen molar-refractivity contribution in [2.75, 3.05) is 0 Å². The summed E-state index contributed by atoms with van der Waals surface area (Å²) >= 11 is 10.9. The number of rotatable bonds is 3. The minimum absolute atomic E-state index is 0.532. The predicted octanol–water partition coefficient (Wildman–Crippen LogP) is 3.23. The summed E-state index contributed by atoms with van der Waals surface area (Å²) in [7, 11) is 0. The standard InChI is InChI=1S/C12H9ClN2OS/c13-10-5-3-9(4-6-10)12(17)15-14-8-11-2-1-7-16-11/h1-8H,(H,15,17)/b14-8+. The Kier molecular flexibility index (Phi) is 3.90. The third-order valence-electron chi connectivity index (χ3n) is 2.01. The van der Waals surface area contributed by atoms with Crippen molar-refractivity contribution < 1.29 is 4.42 Å². The summed E-state index contributed by atoms with van der Waals surface area (Å²) < 4.78 is 5.09. The van der Waals surface area contributed by atoms with Crippen molar-refractivity contribution in [2.45, 2.75) is 0 Å². The van der Waals surface area contributed by atoms with Gasteiger partial charge < -0.3 is 4.42 Å². The van der Waals surface area contributed by atoms with Crippen molar-refractivity contribution in [3.8, 4) is 0 Å². The van der Waals surface area contributed by atoms with Crippen molar-refractivity contribution in [3.05, 3.63) is 59.0 Å². The van der Waals surface area contributed by atoms with Crippen LogP contribution in [0.25, 0.3) is 0 Å². The Balaban J connectivity index is 1.96. The van der Waals surface area contributed by atoms with Gasteiger partial charge in [0.25, 0.3) is 0 Å². The van der Waals surface area contributed by atoms with Gasteiger partial charge in [-0.05, 0) is 24.3 Å². The second-order valence-corrected chi connectivity index (χ2v) is 4.07. The van der Waals surface area contributed by atoms with Crippen LogP contribution in [0, 0.1) is 0 Å². The van der Waals surface area contributed by atoms with Crippen LogP contribution in [0.15, 0.2) is 52.2 Å². The van der Waals surface area contributed by atoms with Crippen LogP contribution < -0.4 is 5.43 Å². The fraction of sp³-hybridized carbons (Fsp3) is 0. The van der Waals surface area contributed by atoms with E-state index in [0.29, 0.717) is 15.8 Å². The van der Waals surface area contributed by atoms with Crippen LogP contribution in [0.3, 0.4) is 0 Å². The van der Waals surface area contributed by atoms with Gasteiger partial charge in [-0.2, -0.15) is 5.10 Å². The molecular formula is C12H9ClN2OS. The van der Waals surface area contributed by atoms with Crippen LogP contribution in [0.4, 0.5) is 0 Å². The molecule has 0 aliphatic carbocycles. The first-order valence-corrected chi connectivity index (χ1v) is 5.67. The molecule has 1 aromatic heterocycles. The number of furan rings is 1. The molecule has 0 radical (unpaired) electrons. The van der Waals surface area contributed by atoms with E-state index in [9.17, 15) is 0 Å². The van der Waals surface area contributed by atoms with Crippen LogP contribution >= 0.6 is 23.8 Å². The first kappa shape index (κ1) is 11.8. The van der Waals surface area contributed by atoms with Gasteiger partial charge in [-0.15, -0.1) is 0 Å². The lowest BCUT2D eigenvalue weighted by Gasteiger charge is -2.02. The highest BCUT2D eigenvalue weighted by atomic mass is 35.5. The normalized spacial score (nSPS) is 10.6. The Morgan fingerprint density at radius 1 is 1.29 bits per heavy atom. The summed E-state index contributed by atoms with van der Waals surface area (Å²) in [6.45, 7) is 0.